The van der Waals surface area contributed by atoms with Crippen LogP contribution >= 0.6 is 0 Å². The van der Waals surface area contributed by atoms with Crippen molar-refractivity contribution in [3.8, 4) is 11.5 Å². The van der Waals surface area contributed by atoms with E-state index in [9.17, 15) is 9.90 Å². The number of ether oxygens (including phenoxy) is 2. The van der Waals surface area contributed by atoms with E-state index in [1.54, 1.807) is 7.11 Å². The Kier molecular flexibility index (Phi) is 6.07. The van der Waals surface area contributed by atoms with E-state index in [-0.39, 0.29) is 6.10 Å². The van der Waals surface area contributed by atoms with Crippen molar-refractivity contribution in [3.63, 3.8) is 0 Å². The average molecular weight is 342 g/mol. The van der Waals surface area contributed by atoms with Gasteiger partial charge in [-0.15, -0.1) is 0 Å². The highest BCUT2D eigenvalue weighted by Crippen LogP contribution is 2.32. The maximum atomic E-state index is 11.9. The first kappa shape index (κ1) is 18.8. The minimum absolute atomic E-state index is 0.0433. The normalized spacial score (nSPS) is 12.1. The van der Waals surface area contributed by atoms with E-state index in [0.29, 0.717) is 17.9 Å². The molecule has 134 valence electrons. The molecule has 0 bridgehead atoms. The Balaban J connectivity index is 2.32. The zero-order valence-corrected chi connectivity index (χ0v) is 15.5. The Morgan fingerprint density at radius 2 is 1.80 bits per heavy atom. The smallest absolute Gasteiger partial charge is 0.311 e. The molecule has 0 spiro atoms. The van der Waals surface area contributed by atoms with E-state index < -0.39 is 11.9 Å². The highest BCUT2D eigenvalue weighted by atomic mass is 16.5. The van der Waals surface area contributed by atoms with E-state index in [1.807, 2.05) is 64.1 Å². The van der Waals surface area contributed by atoms with Crippen LogP contribution in [-0.4, -0.2) is 24.3 Å². The van der Waals surface area contributed by atoms with Crippen LogP contribution in [0.4, 0.5) is 0 Å². The molecule has 2 rings (SSSR count). The van der Waals surface area contributed by atoms with Crippen molar-refractivity contribution < 1.29 is 19.4 Å². The third kappa shape index (κ3) is 4.75. The molecule has 0 aromatic heterocycles. The van der Waals surface area contributed by atoms with Gasteiger partial charge in [0, 0.05) is 0 Å². The third-order valence-corrected chi connectivity index (χ3v) is 4.13. The van der Waals surface area contributed by atoms with Crippen LogP contribution in [0.25, 0.3) is 0 Å². The summed E-state index contributed by atoms with van der Waals surface area (Å²) in [6.07, 6.45) is 0.444. The summed E-state index contributed by atoms with van der Waals surface area (Å²) in [5.74, 6) is -0.133. The van der Waals surface area contributed by atoms with E-state index in [2.05, 4.69) is 0 Å². The van der Waals surface area contributed by atoms with Crippen LogP contribution in [0.3, 0.4) is 0 Å². The van der Waals surface area contributed by atoms with Crippen LogP contribution in [0, 0.1) is 13.8 Å². The van der Waals surface area contributed by atoms with Gasteiger partial charge in [-0.1, -0.05) is 29.8 Å². The van der Waals surface area contributed by atoms with Gasteiger partial charge in [-0.2, -0.15) is 0 Å². The monoisotopic (exact) mass is 342 g/mol. The number of hydrogen-bond donors (Lipinski definition) is 1. The lowest BCUT2D eigenvalue weighted by atomic mass is 9.88. The Morgan fingerprint density at radius 1 is 1.08 bits per heavy atom. The minimum Gasteiger partial charge on any atom is -0.493 e. The summed E-state index contributed by atoms with van der Waals surface area (Å²) in [6, 6.07) is 11.5. The highest BCUT2D eigenvalue weighted by molar-refractivity contribution is 5.77. The van der Waals surface area contributed by atoms with Gasteiger partial charge in [-0.3, -0.25) is 4.79 Å². The first-order valence-corrected chi connectivity index (χ1v) is 8.45. The maximum absolute atomic E-state index is 11.9. The molecule has 0 aliphatic heterocycles. The fourth-order valence-corrected chi connectivity index (χ4v) is 2.97. The van der Waals surface area contributed by atoms with Crippen molar-refractivity contribution in [3.05, 3.63) is 58.7 Å². The Bertz CT molecular complexity index is 750. The molecule has 0 saturated heterocycles. The molecular weight excluding hydrogens is 316 g/mol. The zero-order chi connectivity index (χ0) is 18.6. The van der Waals surface area contributed by atoms with Gasteiger partial charge in [0.2, 0.25) is 0 Å². The first-order chi connectivity index (χ1) is 11.8. The number of rotatable bonds is 7. The largest absolute Gasteiger partial charge is 0.493 e. The average Bonchev–Trinajstić information content (AvgIpc) is 2.53. The summed E-state index contributed by atoms with van der Waals surface area (Å²) in [4.78, 5) is 11.9. The molecule has 1 atom stereocenters. The first-order valence-electron chi connectivity index (χ1n) is 8.45. The van der Waals surface area contributed by atoms with Crippen LogP contribution < -0.4 is 9.47 Å². The summed E-state index contributed by atoms with van der Waals surface area (Å²) in [7, 11) is 1.59. The molecule has 2 aromatic carbocycles. The second-order valence-electron chi connectivity index (χ2n) is 6.61. The molecule has 0 fully saturated rings. The van der Waals surface area contributed by atoms with Crippen LogP contribution in [0.2, 0.25) is 0 Å². The van der Waals surface area contributed by atoms with Gasteiger partial charge < -0.3 is 14.6 Å². The van der Waals surface area contributed by atoms with Crippen LogP contribution in [0.5, 0.6) is 11.5 Å². The fourth-order valence-electron chi connectivity index (χ4n) is 2.97. The third-order valence-electron chi connectivity index (χ3n) is 4.13. The Morgan fingerprint density at radius 3 is 2.36 bits per heavy atom. The maximum Gasteiger partial charge on any atom is 0.311 e. The summed E-state index contributed by atoms with van der Waals surface area (Å²) in [5, 5.41) is 9.73. The Hall–Kier alpha value is -2.49. The molecule has 2 aromatic rings. The predicted octanol–water partition coefficient (Wildman–Crippen LogP) is 4.51. The van der Waals surface area contributed by atoms with Gasteiger partial charge >= 0.3 is 5.97 Å². The van der Waals surface area contributed by atoms with Gasteiger partial charge in [-0.05, 0) is 62.9 Å². The predicted molar refractivity (Wildman–Crippen MR) is 98.8 cm³/mol. The van der Waals surface area contributed by atoms with Crippen LogP contribution in [-0.2, 0) is 11.2 Å². The molecular formula is C21H26O4. The summed E-state index contributed by atoms with van der Waals surface area (Å²) < 4.78 is 11.1. The number of methoxy groups -OCH3 is 1. The van der Waals surface area contributed by atoms with Gasteiger partial charge in [0.25, 0.3) is 0 Å². The molecule has 0 heterocycles. The molecule has 0 radical (unpaired) electrons. The van der Waals surface area contributed by atoms with Crippen molar-refractivity contribution in [2.75, 3.05) is 7.11 Å². The molecule has 1 N–H and O–H groups in total. The lowest BCUT2D eigenvalue weighted by molar-refractivity contribution is -0.138. The number of carboxylic acids is 1. The number of hydrogen-bond acceptors (Lipinski definition) is 3. The van der Waals surface area contributed by atoms with Gasteiger partial charge in [0.05, 0.1) is 19.1 Å². The van der Waals surface area contributed by atoms with Crippen molar-refractivity contribution in [2.45, 2.75) is 46.1 Å². The standard InChI is InChI=1S/C21H26O4/c1-13(2)25-19-9-7-16(12-20(19)24-5)11-18(21(22)23)17-8-6-14(3)10-15(17)4/h6-10,12-13,18H,11H2,1-5H3,(H,22,23). The minimum atomic E-state index is -0.826. The number of benzene rings is 2. The molecule has 1 unspecified atom stereocenters. The second kappa shape index (κ2) is 8.06. The number of carbonyl (C=O) groups is 1. The van der Waals surface area contributed by atoms with Crippen molar-refractivity contribution in [1.29, 1.82) is 0 Å². The second-order valence-corrected chi connectivity index (χ2v) is 6.61. The summed E-state index contributed by atoms with van der Waals surface area (Å²) in [5.41, 5.74) is 3.88. The zero-order valence-electron chi connectivity index (χ0n) is 15.5. The van der Waals surface area contributed by atoms with E-state index in [4.69, 9.17) is 9.47 Å². The lowest BCUT2D eigenvalue weighted by Crippen LogP contribution is -2.16. The summed E-state index contributed by atoms with van der Waals surface area (Å²) in [6.45, 7) is 7.87. The lowest BCUT2D eigenvalue weighted by Gasteiger charge is -2.18. The quantitative estimate of drug-likeness (QED) is 0.804. The Labute approximate surface area is 149 Å². The number of carboxylic acid groups (broad SMARTS) is 1. The number of aryl methyl sites for hydroxylation is 2. The van der Waals surface area contributed by atoms with E-state index >= 15 is 0 Å². The van der Waals surface area contributed by atoms with E-state index in [0.717, 1.165) is 22.3 Å². The number of aliphatic carboxylic acids is 1. The molecule has 4 heteroatoms. The highest BCUT2D eigenvalue weighted by Gasteiger charge is 2.23. The van der Waals surface area contributed by atoms with Gasteiger partial charge in [0.15, 0.2) is 11.5 Å². The molecule has 0 saturated carbocycles. The van der Waals surface area contributed by atoms with Gasteiger partial charge in [-0.25, -0.2) is 0 Å². The van der Waals surface area contributed by atoms with Gasteiger partial charge in [0.1, 0.15) is 0 Å². The van der Waals surface area contributed by atoms with Crippen molar-refractivity contribution in [2.24, 2.45) is 0 Å². The summed E-state index contributed by atoms with van der Waals surface area (Å²) >= 11 is 0. The molecule has 4 nitrogen and oxygen atoms in total. The SMILES string of the molecule is COc1cc(CC(C(=O)O)c2ccc(C)cc2C)ccc1OC(C)C. The van der Waals surface area contributed by atoms with Crippen molar-refractivity contribution >= 4 is 5.97 Å². The van der Waals surface area contributed by atoms with Crippen molar-refractivity contribution in [1.82, 2.24) is 0 Å². The van der Waals surface area contributed by atoms with Crippen LogP contribution in [0.15, 0.2) is 36.4 Å². The molecule has 25 heavy (non-hydrogen) atoms. The molecule has 0 aliphatic rings. The van der Waals surface area contributed by atoms with Crippen LogP contribution in [0.1, 0.15) is 42.0 Å². The molecule has 0 aliphatic carbocycles. The molecule has 0 amide bonds. The topological polar surface area (TPSA) is 55.8 Å². The van der Waals surface area contributed by atoms with E-state index in [1.165, 1.54) is 0 Å². The fraction of sp³-hybridized carbons (Fsp3) is 0.381.